The fourth-order valence-corrected chi connectivity index (χ4v) is 3.23. The number of nitrogens with zero attached hydrogens (tertiary/aromatic N) is 2. The number of amides is 1. The van der Waals surface area contributed by atoms with E-state index in [1.165, 1.54) is 0 Å². The number of nitrogens with one attached hydrogen (secondary N) is 2. The first-order valence-electron chi connectivity index (χ1n) is 9.43. The standard InChI is InChI=1S/C22H23BrN4O4/c1-13-9-15(11-18(29-3)20(13)30-4)26-22-25-12-16(23)21(27-22)31-17-8-6-5-7-14(17)10-19(28)24-2/h5-9,11-12H,10H2,1-4H3,(H,24,28)(H,25,26,27). The largest absolute Gasteiger partial charge is 0.493 e. The van der Waals surface area contributed by atoms with Crippen LogP contribution in [0.4, 0.5) is 11.6 Å². The SMILES string of the molecule is CNC(=O)Cc1ccccc1Oc1nc(Nc2cc(C)c(OC)c(OC)c2)ncc1Br. The maximum Gasteiger partial charge on any atom is 0.238 e. The first-order chi connectivity index (χ1) is 14.9. The van der Waals surface area contributed by atoms with Gasteiger partial charge in [-0.15, -0.1) is 0 Å². The Morgan fingerprint density at radius 3 is 2.61 bits per heavy atom. The van der Waals surface area contributed by atoms with E-state index in [1.807, 2.05) is 31.2 Å². The van der Waals surface area contributed by atoms with Crippen LogP contribution in [0.5, 0.6) is 23.1 Å². The van der Waals surface area contributed by atoms with Gasteiger partial charge in [-0.1, -0.05) is 18.2 Å². The maximum absolute atomic E-state index is 11.8. The third-order valence-corrected chi connectivity index (χ3v) is 4.99. The molecular formula is C22H23BrN4O4. The Hall–Kier alpha value is -3.33. The Labute approximate surface area is 189 Å². The monoisotopic (exact) mass is 486 g/mol. The number of halogens is 1. The number of benzene rings is 2. The van der Waals surface area contributed by atoms with Crippen molar-refractivity contribution in [1.29, 1.82) is 0 Å². The van der Waals surface area contributed by atoms with Crippen molar-refractivity contribution < 1.29 is 19.0 Å². The quantitative estimate of drug-likeness (QED) is 0.487. The molecule has 0 bridgehead atoms. The number of hydrogen-bond acceptors (Lipinski definition) is 7. The lowest BCUT2D eigenvalue weighted by Crippen LogP contribution is -2.20. The van der Waals surface area contributed by atoms with Gasteiger partial charge in [-0.25, -0.2) is 4.98 Å². The van der Waals surface area contributed by atoms with Gasteiger partial charge in [0.2, 0.25) is 17.7 Å². The smallest absolute Gasteiger partial charge is 0.238 e. The molecule has 162 valence electrons. The van der Waals surface area contributed by atoms with Crippen LogP contribution in [-0.4, -0.2) is 37.1 Å². The van der Waals surface area contributed by atoms with Gasteiger partial charge in [0, 0.05) is 24.4 Å². The summed E-state index contributed by atoms with van der Waals surface area (Å²) >= 11 is 3.42. The van der Waals surface area contributed by atoms with Crippen molar-refractivity contribution in [2.75, 3.05) is 26.6 Å². The number of methoxy groups -OCH3 is 2. The van der Waals surface area contributed by atoms with Crippen molar-refractivity contribution in [2.45, 2.75) is 13.3 Å². The van der Waals surface area contributed by atoms with E-state index in [9.17, 15) is 4.79 Å². The molecule has 0 aliphatic heterocycles. The van der Waals surface area contributed by atoms with Gasteiger partial charge in [0.1, 0.15) is 5.75 Å². The van der Waals surface area contributed by atoms with Gasteiger partial charge in [-0.05, 0) is 40.5 Å². The summed E-state index contributed by atoms with van der Waals surface area (Å²) in [5.74, 6) is 2.36. The molecule has 0 aliphatic carbocycles. The molecule has 0 radical (unpaired) electrons. The summed E-state index contributed by atoms with van der Waals surface area (Å²) in [5.41, 5.74) is 2.39. The normalized spacial score (nSPS) is 10.4. The number of aryl methyl sites for hydroxylation is 1. The second-order valence-corrected chi connectivity index (χ2v) is 7.41. The van der Waals surface area contributed by atoms with Gasteiger partial charge >= 0.3 is 0 Å². The first kappa shape index (κ1) is 22.4. The highest BCUT2D eigenvalue weighted by atomic mass is 79.9. The summed E-state index contributed by atoms with van der Waals surface area (Å²) in [6.45, 7) is 1.92. The fraction of sp³-hybridized carbons (Fsp3) is 0.227. The molecular weight excluding hydrogens is 464 g/mol. The zero-order valence-electron chi connectivity index (χ0n) is 17.7. The molecule has 1 amide bonds. The molecule has 1 aromatic heterocycles. The molecule has 0 fully saturated rings. The van der Waals surface area contributed by atoms with Crippen molar-refractivity contribution in [2.24, 2.45) is 0 Å². The number of anilines is 2. The number of hydrogen-bond donors (Lipinski definition) is 2. The number of aromatic nitrogens is 2. The lowest BCUT2D eigenvalue weighted by atomic mass is 10.1. The molecule has 3 rings (SSSR count). The van der Waals surface area contributed by atoms with Crippen LogP contribution in [0.25, 0.3) is 0 Å². The molecule has 8 nitrogen and oxygen atoms in total. The van der Waals surface area contributed by atoms with Gasteiger partial charge in [0.25, 0.3) is 0 Å². The van der Waals surface area contributed by atoms with Crippen LogP contribution in [0.15, 0.2) is 47.1 Å². The van der Waals surface area contributed by atoms with E-state index in [0.29, 0.717) is 33.5 Å². The van der Waals surface area contributed by atoms with E-state index in [4.69, 9.17) is 14.2 Å². The number of rotatable bonds is 8. The van der Waals surface area contributed by atoms with Crippen molar-refractivity contribution in [3.8, 4) is 23.1 Å². The molecule has 31 heavy (non-hydrogen) atoms. The number of para-hydroxylation sites is 1. The molecule has 2 N–H and O–H groups in total. The van der Waals surface area contributed by atoms with E-state index in [-0.39, 0.29) is 12.3 Å². The second-order valence-electron chi connectivity index (χ2n) is 6.56. The van der Waals surface area contributed by atoms with Crippen molar-refractivity contribution in [3.63, 3.8) is 0 Å². The van der Waals surface area contributed by atoms with Gasteiger partial charge in [0.15, 0.2) is 11.5 Å². The summed E-state index contributed by atoms with van der Waals surface area (Å²) in [6, 6.07) is 11.0. The van der Waals surface area contributed by atoms with E-state index < -0.39 is 0 Å². The van der Waals surface area contributed by atoms with E-state index in [2.05, 4.69) is 36.5 Å². The molecule has 0 atom stereocenters. The average Bonchev–Trinajstić information content (AvgIpc) is 2.76. The molecule has 0 spiro atoms. The van der Waals surface area contributed by atoms with Crippen LogP contribution in [0.3, 0.4) is 0 Å². The van der Waals surface area contributed by atoms with Gasteiger partial charge in [-0.3, -0.25) is 4.79 Å². The predicted molar refractivity (Wildman–Crippen MR) is 122 cm³/mol. The maximum atomic E-state index is 11.8. The highest BCUT2D eigenvalue weighted by Gasteiger charge is 2.14. The minimum Gasteiger partial charge on any atom is -0.493 e. The third-order valence-electron chi connectivity index (χ3n) is 4.44. The lowest BCUT2D eigenvalue weighted by molar-refractivity contribution is -0.119. The Morgan fingerprint density at radius 1 is 1.13 bits per heavy atom. The fourth-order valence-electron chi connectivity index (χ4n) is 2.95. The zero-order chi connectivity index (χ0) is 22.4. The van der Waals surface area contributed by atoms with Crippen LogP contribution < -0.4 is 24.8 Å². The summed E-state index contributed by atoms with van der Waals surface area (Å²) in [5, 5.41) is 5.77. The highest BCUT2D eigenvalue weighted by molar-refractivity contribution is 9.10. The van der Waals surface area contributed by atoms with E-state index >= 15 is 0 Å². The molecule has 0 saturated carbocycles. The molecule has 2 aromatic carbocycles. The predicted octanol–water partition coefficient (Wildman–Crippen LogP) is 4.39. The van der Waals surface area contributed by atoms with Crippen LogP contribution in [0.2, 0.25) is 0 Å². The third kappa shape index (κ3) is 5.43. The summed E-state index contributed by atoms with van der Waals surface area (Å²) in [6.07, 6.45) is 1.80. The molecule has 3 aromatic rings. The Bertz CT molecular complexity index is 1090. The van der Waals surface area contributed by atoms with Gasteiger partial charge in [0.05, 0.1) is 31.3 Å². The molecule has 9 heteroatoms. The van der Waals surface area contributed by atoms with E-state index in [0.717, 1.165) is 16.8 Å². The molecule has 1 heterocycles. The first-order valence-corrected chi connectivity index (χ1v) is 10.2. The minimum atomic E-state index is -0.107. The molecule has 0 aliphatic rings. The topological polar surface area (TPSA) is 94.6 Å². The number of carbonyl (C=O) groups is 1. The Morgan fingerprint density at radius 2 is 1.90 bits per heavy atom. The second kappa shape index (κ2) is 10.1. The van der Waals surface area contributed by atoms with Crippen LogP contribution >= 0.6 is 15.9 Å². The van der Waals surface area contributed by atoms with Crippen molar-refractivity contribution >= 4 is 33.5 Å². The summed E-state index contributed by atoms with van der Waals surface area (Å²) in [7, 11) is 4.78. The van der Waals surface area contributed by atoms with Crippen LogP contribution in [0.1, 0.15) is 11.1 Å². The number of likely N-dealkylation sites (N-methyl/N-ethyl adjacent to an activating group) is 1. The summed E-state index contributed by atoms with van der Waals surface area (Å²) < 4.78 is 17.4. The van der Waals surface area contributed by atoms with Gasteiger partial charge in [-0.2, -0.15) is 4.98 Å². The average molecular weight is 487 g/mol. The zero-order valence-corrected chi connectivity index (χ0v) is 19.2. The lowest BCUT2D eigenvalue weighted by Gasteiger charge is -2.14. The highest BCUT2D eigenvalue weighted by Crippen LogP contribution is 2.35. The Kier molecular flexibility index (Phi) is 7.30. The number of ether oxygens (including phenoxy) is 3. The van der Waals surface area contributed by atoms with E-state index in [1.54, 1.807) is 39.6 Å². The minimum absolute atomic E-state index is 0.107. The number of carbonyl (C=O) groups excluding carboxylic acids is 1. The Balaban J connectivity index is 1.87. The molecule has 0 unspecified atom stereocenters. The summed E-state index contributed by atoms with van der Waals surface area (Å²) in [4.78, 5) is 20.6. The molecule has 0 saturated heterocycles. The van der Waals surface area contributed by atoms with Crippen molar-refractivity contribution in [3.05, 3.63) is 58.2 Å². The van der Waals surface area contributed by atoms with Crippen LogP contribution in [0, 0.1) is 6.92 Å². The van der Waals surface area contributed by atoms with Gasteiger partial charge < -0.3 is 24.8 Å². The van der Waals surface area contributed by atoms with Crippen molar-refractivity contribution in [1.82, 2.24) is 15.3 Å². The van der Waals surface area contributed by atoms with Crippen LogP contribution in [-0.2, 0) is 11.2 Å².